The molecule has 0 bridgehead atoms. The molecular formula is C29H33FN8O2. The molecule has 10 nitrogen and oxygen atoms in total. The Morgan fingerprint density at radius 1 is 1.10 bits per heavy atom. The van der Waals surface area contributed by atoms with E-state index in [0.717, 1.165) is 45.1 Å². The Labute approximate surface area is 233 Å². The van der Waals surface area contributed by atoms with E-state index in [1.165, 1.54) is 12.0 Å². The lowest BCUT2D eigenvalue weighted by Crippen LogP contribution is -2.56. The van der Waals surface area contributed by atoms with E-state index in [9.17, 15) is 9.65 Å². The van der Waals surface area contributed by atoms with Gasteiger partial charge in [0.05, 0.1) is 24.8 Å². The van der Waals surface area contributed by atoms with Gasteiger partial charge in [0.25, 0.3) is 0 Å². The summed E-state index contributed by atoms with van der Waals surface area (Å²) in [5.41, 5.74) is 3.01. The molecule has 208 valence electrons. The number of rotatable bonds is 7. The Bertz CT molecular complexity index is 1350. The van der Waals surface area contributed by atoms with Crippen LogP contribution in [0, 0.1) is 11.3 Å². The van der Waals surface area contributed by atoms with Crippen LogP contribution < -0.4 is 20.3 Å². The number of nitriles is 1. The number of piperidine rings is 1. The summed E-state index contributed by atoms with van der Waals surface area (Å²) in [5.74, 6) is 1.18. The van der Waals surface area contributed by atoms with E-state index in [2.05, 4.69) is 53.6 Å². The summed E-state index contributed by atoms with van der Waals surface area (Å²) >= 11 is 0. The molecule has 0 unspecified atom stereocenters. The van der Waals surface area contributed by atoms with Crippen molar-refractivity contribution in [3.05, 3.63) is 54.4 Å². The summed E-state index contributed by atoms with van der Waals surface area (Å²) in [6.45, 7) is 8.05. The predicted octanol–water partition coefficient (Wildman–Crippen LogP) is 3.14. The van der Waals surface area contributed by atoms with E-state index in [1.807, 2.05) is 19.1 Å². The van der Waals surface area contributed by atoms with Gasteiger partial charge >= 0.3 is 0 Å². The number of anilines is 3. The zero-order chi connectivity index (χ0) is 27.5. The van der Waals surface area contributed by atoms with Gasteiger partial charge in [-0.15, -0.1) is 0 Å². The third-order valence-electron chi connectivity index (χ3n) is 7.80. The lowest BCUT2D eigenvalue weighted by atomic mass is 10.0. The van der Waals surface area contributed by atoms with Crippen molar-refractivity contribution in [2.24, 2.45) is 0 Å². The smallest absolute Gasteiger partial charge is 0.230 e. The van der Waals surface area contributed by atoms with Gasteiger partial charge in [-0.2, -0.15) is 10.2 Å². The zero-order valence-corrected chi connectivity index (χ0v) is 22.5. The average Bonchev–Trinajstić information content (AvgIpc) is 2.95. The number of nitrogens with zero attached hydrogens (tertiary/aromatic N) is 6. The highest BCUT2D eigenvalue weighted by Crippen LogP contribution is 2.28. The lowest BCUT2D eigenvalue weighted by molar-refractivity contribution is -0.0660. The third kappa shape index (κ3) is 5.84. The van der Waals surface area contributed by atoms with Crippen LogP contribution in [0.25, 0.3) is 11.4 Å². The minimum atomic E-state index is -1.13. The fourth-order valence-corrected chi connectivity index (χ4v) is 5.33. The minimum absolute atomic E-state index is 0.150. The number of hydrogen-bond donors (Lipinski definition) is 2. The quantitative estimate of drug-likeness (QED) is 0.460. The normalized spacial score (nSPS) is 23.7. The van der Waals surface area contributed by atoms with Crippen molar-refractivity contribution in [1.29, 1.82) is 5.26 Å². The fourth-order valence-electron chi connectivity index (χ4n) is 5.33. The second kappa shape index (κ2) is 11.7. The van der Waals surface area contributed by atoms with Gasteiger partial charge in [-0.3, -0.25) is 4.90 Å². The molecule has 0 spiro atoms. The maximum atomic E-state index is 14.4. The molecule has 2 N–H and O–H groups in total. The molecule has 6 rings (SSSR count). The molecule has 4 heterocycles. The standard InChI is InChI=1S/C29H33FN8O2/c1-19-12-27(25(30)15-32-19)40-26-7-2-20(13-21(26)14-31)28-33-18-34-29(36-28)35-22-3-5-23(6-4-22)37-8-10-38(11-9-37)24-16-39-17-24/h2-7,13,18-19,24-25,27,32H,8-12,15-17H2,1H3,(H,33,34,35,36)/t19-,25-,27-/m0/s1. The molecule has 1 aromatic heterocycles. The Hall–Kier alpha value is -3.85. The average molecular weight is 545 g/mol. The van der Waals surface area contributed by atoms with Gasteiger partial charge < -0.3 is 25.0 Å². The zero-order valence-electron chi connectivity index (χ0n) is 22.5. The largest absolute Gasteiger partial charge is 0.486 e. The second-order valence-corrected chi connectivity index (χ2v) is 10.6. The molecule has 0 radical (unpaired) electrons. The highest BCUT2D eigenvalue weighted by atomic mass is 19.1. The third-order valence-corrected chi connectivity index (χ3v) is 7.80. The molecule has 3 aliphatic heterocycles. The van der Waals surface area contributed by atoms with Crippen molar-refractivity contribution < 1.29 is 13.9 Å². The predicted molar refractivity (Wildman–Crippen MR) is 149 cm³/mol. The maximum absolute atomic E-state index is 14.4. The molecular weight excluding hydrogens is 511 g/mol. The van der Waals surface area contributed by atoms with Crippen LogP contribution in [0.4, 0.5) is 21.7 Å². The van der Waals surface area contributed by atoms with Crippen LogP contribution >= 0.6 is 0 Å². The van der Waals surface area contributed by atoms with Crippen molar-refractivity contribution in [1.82, 2.24) is 25.2 Å². The highest BCUT2D eigenvalue weighted by Gasteiger charge is 2.31. The second-order valence-electron chi connectivity index (χ2n) is 10.6. The number of halogens is 1. The number of hydrogen-bond acceptors (Lipinski definition) is 10. The number of nitrogens with one attached hydrogen (secondary N) is 2. The van der Waals surface area contributed by atoms with Crippen molar-refractivity contribution in [3.8, 4) is 23.2 Å². The number of piperazine rings is 1. The van der Waals surface area contributed by atoms with Crippen LogP contribution in [0.2, 0.25) is 0 Å². The van der Waals surface area contributed by atoms with Crippen LogP contribution in [0.1, 0.15) is 18.9 Å². The minimum Gasteiger partial charge on any atom is -0.486 e. The molecule has 40 heavy (non-hydrogen) atoms. The maximum Gasteiger partial charge on any atom is 0.230 e. The summed E-state index contributed by atoms with van der Waals surface area (Å²) in [5, 5.41) is 16.1. The lowest BCUT2D eigenvalue weighted by Gasteiger charge is -2.43. The summed E-state index contributed by atoms with van der Waals surface area (Å²) in [4.78, 5) is 18.0. The molecule has 11 heteroatoms. The van der Waals surface area contributed by atoms with Crippen molar-refractivity contribution >= 4 is 17.3 Å². The SMILES string of the molecule is C[C@H]1C[C@H](Oc2ccc(-c3ncnc(Nc4ccc(N5CCN(C6COC6)CC5)cc4)n3)cc2C#N)[C@@H](F)CN1. The summed E-state index contributed by atoms with van der Waals surface area (Å²) in [7, 11) is 0. The van der Waals surface area contributed by atoms with Gasteiger partial charge in [0.1, 0.15) is 30.4 Å². The van der Waals surface area contributed by atoms with E-state index in [1.54, 1.807) is 18.2 Å². The number of alkyl halides is 1. The van der Waals surface area contributed by atoms with Gasteiger partial charge in [-0.05, 0) is 49.4 Å². The summed E-state index contributed by atoms with van der Waals surface area (Å²) in [6.07, 6.45) is 0.239. The molecule has 3 atom stereocenters. The first-order valence-corrected chi connectivity index (χ1v) is 13.8. The van der Waals surface area contributed by atoms with E-state index < -0.39 is 12.3 Å². The molecule has 3 saturated heterocycles. The van der Waals surface area contributed by atoms with Crippen molar-refractivity contribution in [2.75, 3.05) is 56.2 Å². The number of ether oxygens (including phenoxy) is 2. The Balaban J connectivity index is 1.10. The Morgan fingerprint density at radius 3 is 2.62 bits per heavy atom. The van der Waals surface area contributed by atoms with E-state index in [4.69, 9.17) is 9.47 Å². The first-order valence-electron chi connectivity index (χ1n) is 13.8. The van der Waals surface area contributed by atoms with Crippen LogP contribution in [-0.2, 0) is 4.74 Å². The Morgan fingerprint density at radius 2 is 1.90 bits per heavy atom. The topological polar surface area (TPSA) is 111 Å². The summed E-state index contributed by atoms with van der Waals surface area (Å²) < 4.78 is 25.6. The van der Waals surface area contributed by atoms with Crippen LogP contribution in [0.15, 0.2) is 48.8 Å². The van der Waals surface area contributed by atoms with E-state index in [-0.39, 0.29) is 12.6 Å². The van der Waals surface area contributed by atoms with Crippen LogP contribution in [0.3, 0.4) is 0 Å². The first-order chi connectivity index (χ1) is 19.6. The van der Waals surface area contributed by atoms with E-state index in [0.29, 0.717) is 41.1 Å². The van der Waals surface area contributed by atoms with Gasteiger partial charge in [0.15, 0.2) is 5.82 Å². The highest BCUT2D eigenvalue weighted by molar-refractivity contribution is 5.64. The van der Waals surface area contributed by atoms with Gasteiger partial charge in [-0.1, -0.05) is 0 Å². The molecule has 0 aliphatic carbocycles. The summed E-state index contributed by atoms with van der Waals surface area (Å²) in [6, 6.07) is 16.3. The van der Waals surface area contributed by atoms with Gasteiger partial charge in [0, 0.05) is 62.1 Å². The van der Waals surface area contributed by atoms with Crippen molar-refractivity contribution in [3.63, 3.8) is 0 Å². The molecule has 0 saturated carbocycles. The molecule has 2 aromatic carbocycles. The van der Waals surface area contributed by atoms with Crippen molar-refractivity contribution in [2.45, 2.75) is 37.7 Å². The van der Waals surface area contributed by atoms with Gasteiger partial charge in [-0.25, -0.2) is 14.4 Å². The molecule has 0 amide bonds. The fraction of sp³-hybridized carbons (Fsp3) is 0.448. The Kier molecular flexibility index (Phi) is 7.73. The van der Waals surface area contributed by atoms with Crippen LogP contribution in [-0.4, -0.2) is 90.1 Å². The van der Waals surface area contributed by atoms with Crippen LogP contribution in [0.5, 0.6) is 5.75 Å². The number of benzene rings is 2. The first kappa shape index (κ1) is 26.4. The van der Waals surface area contributed by atoms with E-state index >= 15 is 0 Å². The monoisotopic (exact) mass is 544 g/mol. The molecule has 3 aromatic rings. The molecule has 3 fully saturated rings. The van der Waals surface area contributed by atoms with Gasteiger partial charge in [0.2, 0.25) is 5.95 Å². The molecule has 3 aliphatic rings. The number of aromatic nitrogens is 3.